The summed E-state index contributed by atoms with van der Waals surface area (Å²) in [7, 11) is 0. The van der Waals surface area contributed by atoms with Crippen molar-refractivity contribution in [1.82, 2.24) is 4.90 Å². The lowest BCUT2D eigenvalue weighted by molar-refractivity contribution is 0.241. The van der Waals surface area contributed by atoms with E-state index in [9.17, 15) is 0 Å². The highest BCUT2D eigenvalue weighted by atomic mass is 16.3. The van der Waals surface area contributed by atoms with E-state index < -0.39 is 0 Å². The third-order valence-electron chi connectivity index (χ3n) is 3.59. The molecule has 2 nitrogen and oxygen atoms in total. The van der Waals surface area contributed by atoms with Crippen molar-refractivity contribution in [3.63, 3.8) is 0 Å². The fraction of sp³-hybridized carbons (Fsp3) is 0.571. The molecular formula is C14H21NO. The summed E-state index contributed by atoms with van der Waals surface area (Å²) < 4.78 is 0. The minimum atomic E-state index is 0.328. The van der Waals surface area contributed by atoms with E-state index in [4.69, 9.17) is 5.11 Å². The molecule has 1 heterocycles. The smallest absolute Gasteiger partial charge is 0.0434 e. The second kappa shape index (κ2) is 5.46. The van der Waals surface area contributed by atoms with Crippen molar-refractivity contribution in [2.45, 2.75) is 19.9 Å². The lowest BCUT2D eigenvalue weighted by Gasteiger charge is -2.15. The van der Waals surface area contributed by atoms with Gasteiger partial charge < -0.3 is 5.11 Å². The zero-order valence-electron chi connectivity index (χ0n) is 9.97. The van der Waals surface area contributed by atoms with Gasteiger partial charge in [0.2, 0.25) is 0 Å². The Balaban J connectivity index is 1.89. The lowest BCUT2D eigenvalue weighted by Crippen LogP contribution is -2.20. The first-order valence-electron chi connectivity index (χ1n) is 6.16. The Labute approximate surface area is 97.9 Å². The summed E-state index contributed by atoms with van der Waals surface area (Å²) in [6, 6.07) is 10.6. The molecular weight excluding hydrogens is 198 g/mol. The van der Waals surface area contributed by atoms with Crippen LogP contribution in [-0.4, -0.2) is 29.7 Å². The number of aliphatic hydroxyl groups excluding tert-OH is 1. The normalized spacial score (nSPS) is 26.1. The molecule has 0 aliphatic carbocycles. The summed E-state index contributed by atoms with van der Waals surface area (Å²) in [5.41, 5.74) is 1.39. The summed E-state index contributed by atoms with van der Waals surface area (Å²) in [5, 5.41) is 9.00. The van der Waals surface area contributed by atoms with Gasteiger partial charge >= 0.3 is 0 Å². The number of nitrogens with zero attached hydrogens (tertiary/aromatic N) is 1. The number of rotatable bonds is 4. The van der Waals surface area contributed by atoms with Gasteiger partial charge in [-0.3, -0.25) is 4.90 Å². The van der Waals surface area contributed by atoms with Crippen LogP contribution in [0, 0.1) is 11.8 Å². The molecule has 1 aliphatic heterocycles. The number of aliphatic hydroxyl groups is 1. The summed E-state index contributed by atoms with van der Waals surface area (Å²) in [5.74, 6) is 1.39. The molecule has 0 saturated carbocycles. The molecule has 0 radical (unpaired) electrons. The van der Waals surface area contributed by atoms with Crippen LogP contribution in [0.25, 0.3) is 0 Å². The maximum Gasteiger partial charge on any atom is 0.0434 e. The second-order valence-electron chi connectivity index (χ2n) is 4.93. The van der Waals surface area contributed by atoms with Crippen molar-refractivity contribution in [3.05, 3.63) is 35.9 Å². The second-order valence-corrected chi connectivity index (χ2v) is 4.93. The Hall–Kier alpha value is -0.860. The summed E-state index contributed by atoms with van der Waals surface area (Å²) in [6.07, 6.45) is 0.951. The molecule has 0 aromatic heterocycles. The molecule has 16 heavy (non-hydrogen) atoms. The molecule has 2 rings (SSSR count). The van der Waals surface area contributed by atoms with E-state index in [2.05, 4.69) is 42.2 Å². The van der Waals surface area contributed by atoms with Gasteiger partial charge in [-0.25, -0.2) is 0 Å². The number of hydrogen-bond donors (Lipinski definition) is 1. The molecule has 1 aromatic rings. The maximum atomic E-state index is 9.00. The van der Waals surface area contributed by atoms with Crippen LogP contribution >= 0.6 is 0 Å². The predicted molar refractivity (Wildman–Crippen MR) is 66.1 cm³/mol. The van der Waals surface area contributed by atoms with Crippen LogP contribution in [0.15, 0.2) is 30.3 Å². The summed E-state index contributed by atoms with van der Waals surface area (Å²) in [4.78, 5) is 2.50. The fourth-order valence-electron chi connectivity index (χ4n) is 2.65. The van der Waals surface area contributed by atoms with E-state index in [-0.39, 0.29) is 0 Å². The Kier molecular flexibility index (Phi) is 3.97. The molecule has 1 saturated heterocycles. The van der Waals surface area contributed by atoms with Gasteiger partial charge in [0.15, 0.2) is 0 Å². The molecule has 88 valence electrons. The van der Waals surface area contributed by atoms with Crippen LogP contribution in [0.1, 0.15) is 18.9 Å². The average molecular weight is 219 g/mol. The average Bonchev–Trinajstić information content (AvgIpc) is 2.61. The number of hydrogen-bond acceptors (Lipinski definition) is 2. The molecule has 1 N–H and O–H groups in total. The zero-order chi connectivity index (χ0) is 11.4. The highest BCUT2D eigenvalue weighted by Crippen LogP contribution is 2.26. The molecule has 2 heteroatoms. The van der Waals surface area contributed by atoms with Gasteiger partial charge in [-0.2, -0.15) is 0 Å². The van der Waals surface area contributed by atoms with Gasteiger partial charge in [0, 0.05) is 26.2 Å². The first-order valence-corrected chi connectivity index (χ1v) is 6.16. The highest BCUT2D eigenvalue weighted by Gasteiger charge is 2.28. The Morgan fingerprint density at radius 1 is 1.25 bits per heavy atom. The van der Waals surface area contributed by atoms with E-state index >= 15 is 0 Å². The topological polar surface area (TPSA) is 23.5 Å². The van der Waals surface area contributed by atoms with Crippen molar-refractivity contribution in [2.75, 3.05) is 19.7 Å². The predicted octanol–water partition coefficient (Wildman–Crippen LogP) is 2.14. The zero-order valence-corrected chi connectivity index (χ0v) is 9.97. The maximum absolute atomic E-state index is 9.00. The minimum Gasteiger partial charge on any atom is -0.396 e. The molecule has 1 aliphatic rings. The van der Waals surface area contributed by atoms with E-state index in [1.165, 1.54) is 12.1 Å². The monoisotopic (exact) mass is 219 g/mol. The van der Waals surface area contributed by atoms with Crippen molar-refractivity contribution < 1.29 is 5.11 Å². The number of likely N-dealkylation sites (tertiary alicyclic amines) is 1. The summed E-state index contributed by atoms with van der Waals surface area (Å²) >= 11 is 0. The molecule has 0 bridgehead atoms. The molecule has 1 fully saturated rings. The minimum absolute atomic E-state index is 0.328. The Bertz CT molecular complexity index is 312. The summed E-state index contributed by atoms with van der Waals surface area (Å²) in [6.45, 7) is 5.97. The first kappa shape index (κ1) is 11.6. The quantitative estimate of drug-likeness (QED) is 0.838. The van der Waals surface area contributed by atoms with Crippen LogP contribution in [0.4, 0.5) is 0 Å². The Morgan fingerprint density at radius 3 is 2.69 bits per heavy atom. The van der Waals surface area contributed by atoms with Crippen molar-refractivity contribution in [2.24, 2.45) is 11.8 Å². The van der Waals surface area contributed by atoms with Crippen LogP contribution in [0.5, 0.6) is 0 Å². The molecule has 0 amide bonds. The van der Waals surface area contributed by atoms with Crippen molar-refractivity contribution in [3.8, 4) is 0 Å². The van der Waals surface area contributed by atoms with Crippen molar-refractivity contribution >= 4 is 0 Å². The van der Waals surface area contributed by atoms with Crippen molar-refractivity contribution in [1.29, 1.82) is 0 Å². The van der Waals surface area contributed by atoms with Gasteiger partial charge in [0.25, 0.3) is 0 Å². The SMILES string of the molecule is C[C@H]1CN(Cc2ccccc2)C[C@@H]1CCO. The van der Waals surface area contributed by atoms with E-state index in [1.54, 1.807) is 0 Å². The molecule has 0 unspecified atom stereocenters. The van der Waals surface area contributed by atoms with Crippen LogP contribution in [-0.2, 0) is 6.54 Å². The van der Waals surface area contributed by atoms with Gasteiger partial charge in [-0.05, 0) is 23.8 Å². The third-order valence-corrected chi connectivity index (χ3v) is 3.59. The standard InChI is InChI=1S/C14H21NO/c1-12-9-15(11-14(12)7-8-16)10-13-5-3-2-4-6-13/h2-6,12,14,16H,7-11H2,1H3/t12-,14-/m0/s1. The highest BCUT2D eigenvalue weighted by molar-refractivity contribution is 5.14. The van der Waals surface area contributed by atoms with Crippen LogP contribution in [0.3, 0.4) is 0 Å². The van der Waals surface area contributed by atoms with Gasteiger partial charge in [-0.15, -0.1) is 0 Å². The lowest BCUT2D eigenvalue weighted by atomic mass is 9.95. The Morgan fingerprint density at radius 2 is 2.00 bits per heavy atom. The first-order chi connectivity index (χ1) is 7.79. The fourth-order valence-corrected chi connectivity index (χ4v) is 2.65. The van der Waals surface area contributed by atoms with E-state index in [1.807, 2.05) is 0 Å². The third kappa shape index (κ3) is 2.83. The largest absolute Gasteiger partial charge is 0.396 e. The van der Waals surface area contributed by atoms with Crippen LogP contribution < -0.4 is 0 Å². The molecule has 2 atom stereocenters. The number of benzene rings is 1. The van der Waals surface area contributed by atoms with Gasteiger partial charge in [0.05, 0.1) is 0 Å². The molecule has 1 aromatic carbocycles. The van der Waals surface area contributed by atoms with Gasteiger partial charge in [-0.1, -0.05) is 37.3 Å². The van der Waals surface area contributed by atoms with Crippen LogP contribution in [0.2, 0.25) is 0 Å². The van der Waals surface area contributed by atoms with E-state index in [0.29, 0.717) is 12.5 Å². The molecule has 0 spiro atoms. The van der Waals surface area contributed by atoms with Gasteiger partial charge in [0.1, 0.15) is 0 Å². The van der Waals surface area contributed by atoms with E-state index in [0.717, 1.165) is 25.4 Å².